The molecular formula is C18H31FO2Si. The first-order valence-electron chi connectivity index (χ1n) is 8.06. The van der Waals surface area contributed by atoms with Gasteiger partial charge in [0.2, 0.25) is 10.5 Å². The lowest BCUT2D eigenvalue weighted by Crippen LogP contribution is -2.08. The van der Waals surface area contributed by atoms with E-state index in [1.165, 1.54) is 0 Å². The van der Waals surface area contributed by atoms with Gasteiger partial charge in [0, 0.05) is 6.42 Å². The number of hydrogen-bond donors (Lipinski definition) is 0. The number of rotatable bonds is 5. The van der Waals surface area contributed by atoms with Crippen molar-refractivity contribution in [2.75, 3.05) is 0 Å². The molecule has 0 aliphatic rings. The first-order chi connectivity index (χ1) is 10.2. The van der Waals surface area contributed by atoms with Gasteiger partial charge in [-0.15, -0.1) is 0 Å². The Morgan fingerprint density at radius 3 is 1.82 bits per heavy atom. The maximum Gasteiger partial charge on any atom is 0.204 e. The van der Waals surface area contributed by atoms with Crippen LogP contribution in [-0.4, -0.2) is 16.8 Å². The van der Waals surface area contributed by atoms with Crippen molar-refractivity contribution >= 4 is 16.8 Å². The predicted octanol–water partition coefficient (Wildman–Crippen LogP) is 4.45. The topological polar surface area (TPSA) is 26.3 Å². The molecule has 0 heterocycles. The second-order valence-corrected chi connectivity index (χ2v) is 6.76. The van der Waals surface area contributed by atoms with Crippen molar-refractivity contribution in [3.63, 3.8) is 0 Å². The molecule has 2 nitrogen and oxygen atoms in total. The van der Waals surface area contributed by atoms with Gasteiger partial charge in [-0.1, -0.05) is 54.5 Å². The lowest BCUT2D eigenvalue weighted by atomic mass is 9.86. The van der Waals surface area contributed by atoms with E-state index in [4.69, 9.17) is 4.43 Å². The van der Waals surface area contributed by atoms with Gasteiger partial charge in [-0.25, -0.2) is 4.39 Å². The van der Waals surface area contributed by atoms with Crippen LogP contribution < -0.4 is 4.43 Å². The summed E-state index contributed by atoms with van der Waals surface area (Å²) in [6.45, 7) is 14.3. The van der Waals surface area contributed by atoms with Crippen LogP contribution in [0.2, 0.25) is 0 Å². The summed E-state index contributed by atoms with van der Waals surface area (Å²) in [5.74, 6) is 1.12. The fourth-order valence-electron chi connectivity index (χ4n) is 2.39. The highest BCUT2D eigenvalue weighted by Crippen LogP contribution is 2.38. The van der Waals surface area contributed by atoms with Crippen LogP contribution in [-0.2, 0) is 4.79 Å². The summed E-state index contributed by atoms with van der Waals surface area (Å²) in [6, 6.07) is 2.14. The molecule has 0 radical (unpaired) electrons. The largest absolute Gasteiger partial charge is 0.551 e. The maximum absolute atomic E-state index is 14.7. The van der Waals surface area contributed by atoms with Crippen molar-refractivity contribution in [3.05, 3.63) is 28.6 Å². The lowest BCUT2D eigenvalue weighted by molar-refractivity contribution is -0.107. The molecule has 0 aromatic heterocycles. The van der Waals surface area contributed by atoms with Crippen LogP contribution in [0.5, 0.6) is 5.75 Å². The summed E-state index contributed by atoms with van der Waals surface area (Å²) in [5, 5.41) is 0. The molecule has 0 aliphatic carbocycles. The van der Waals surface area contributed by atoms with E-state index in [9.17, 15) is 9.18 Å². The van der Waals surface area contributed by atoms with Crippen LogP contribution in [0.3, 0.4) is 0 Å². The van der Waals surface area contributed by atoms with Crippen molar-refractivity contribution in [2.45, 2.75) is 72.6 Å². The van der Waals surface area contributed by atoms with Crippen LogP contribution in [0.4, 0.5) is 4.39 Å². The highest BCUT2D eigenvalue weighted by atomic mass is 28.2. The van der Waals surface area contributed by atoms with Gasteiger partial charge in [-0.2, -0.15) is 0 Å². The first kappa shape index (κ1) is 20.8. The Balaban J connectivity index is 0.000000980. The van der Waals surface area contributed by atoms with Crippen LogP contribution in [0.15, 0.2) is 6.07 Å². The average molecular weight is 327 g/mol. The van der Waals surface area contributed by atoms with Gasteiger partial charge in [-0.05, 0) is 34.4 Å². The Morgan fingerprint density at radius 2 is 1.55 bits per heavy atom. The van der Waals surface area contributed by atoms with E-state index in [0.29, 0.717) is 28.6 Å². The Kier molecular flexibility index (Phi) is 9.26. The third-order valence-electron chi connectivity index (χ3n) is 3.51. The monoisotopic (exact) mass is 326 g/mol. The van der Waals surface area contributed by atoms with Gasteiger partial charge in [-0.3, -0.25) is 0 Å². The maximum atomic E-state index is 14.7. The molecule has 1 aromatic carbocycles. The van der Waals surface area contributed by atoms with Crippen molar-refractivity contribution in [2.24, 2.45) is 0 Å². The van der Waals surface area contributed by atoms with Crippen molar-refractivity contribution < 1.29 is 13.6 Å². The fourth-order valence-corrected chi connectivity index (χ4v) is 2.80. The Morgan fingerprint density at radius 1 is 1.09 bits per heavy atom. The molecule has 0 aliphatic heterocycles. The quantitative estimate of drug-likeness (QED) is 0.590. The zero-order valence-corrected chi connectivity index (χ0v) is 17.3. The summed E-state index contributed by atoms with van der Waals surface area (Å²) < 4.78 is 20.1. The van der Waals surface area contributed by atoms with Gasteiger partial charge >= 0.3 is 0 Å². The summed E-state index contributed by atoms with van der Waals surface area (Å²) in [6.07, 6.45) is 1.51. The molecule has 0 N–H and O–H groups in total. The van der Waals surface area contributed by atoms with E-state index in [1.54, 1.807) is 0 Å². The van der Waals surface area contributed by atoms with Gasteiger partial charge in [0.1, 0.15) is 12.0 Å². The molecule has 1 aromatic rings. The summed E-state index contributed by atoms with van der Waals surface area (Å²) in [4.78, 5) is 9.17. The Hall–Kier alpha value is -1.16. The number of halogens is 1. The molecule has 0 amide bonds. The van der Waals surface area contributed by atoms with E-state index < -0.39 is 0 Å². The molecule has 126 valence electrons. The molecule has 1 rings (SSSR count). The Bertz CT molecular complexity index is 482. The van der Waals surface area contributed by atoms with Gasteiger partial charge in [0.05, 0.1) is 0 Å². The van der Waals surface area contributed by atoms with E-state index >= 15 is 0 Å². The fraction of sp³-hybridized carbons (Fsp3) is 0.611. The smallest absolute Gasteiger partial charge is 0.204 e. The van der Waals surface area contributed by atoms with Crippen molar-refractivity contribution in [3.8, 4) is 5.75 Å². The normalized spacial score (nSPS) is 10.9. The van der Waals surface area contributed by atoms with Crippen LogP contribution in [0, 0.1) is 5.82 Å². The molecule has 0 saturated carbocycles. The molecule has 4 heteroatoms. The molecule has 0 fully saturated rings. The van der Waals surface area contributed by atoms with Crippen LogP contribution in [0.1, 0.15) is 89.3 Å². The second-order valence-electron chi connectivity index (χ2n) is 6.35. The predicted molar refractivity (Wildman–Crippen MR) is 95.6 cm³/mol. The molecule has 0 unspecified atom stereocenters. The van der Waals surface area contributed by atoms with Crippen molar-refractivity contribution in [1.82, 2.24) is 0 Å². The van der Waals surface area contributed by atoms with E-state index in [0.717, 1.165) is 23.0 Å². The number of carbonyl (C=O) groups excluding carboxylic acids is 1. The van der Waals surface area contributed by atoms with Gasteiger partial charge < -0.3 is 9.22 Å². The number of carbonyl (C=O) groups is 1. The molecule has 0 bridgehead atoms. The number of benzene rings is 1. The van der Waals surface area contributed by atoms with Crippen molar-refractivity contribution in [1.29, 1.82) is 0 Å². The number of aldehydes is 1. The minimum Gasteiger partial charge on any atom is -0.551 e. The summed E-state index contributed by atoms with van der Waals surface area (Å²) in [5.41, 5.74) is 2.93. The molecule has 0 saturated heterocycles. The van der Waals surface area contributed by atoms with E-state index in [-0.39, 0.29) is 17.7 Å². The van der Waals surface area contributed by atoms with Gasteiger partial charge in [0.15, 0.2) is 5.82 Å². The minimum atomic E-state index is -0.144. The van der Waals surface area contributed by atoms with E-state index in [2.05, 4.69) is 33.8 Å². The highest BCUT2D eigenvalue weighted by molar-refractivity contribution is 6.00. The summed E-state index contributed by atoms with van der Waals surface area (Å²) in [7, 11) is 0.517. The van der Waals surface area contributed by atoms with Crippen LogP contribution in [0.25, 0.3) is 0 Å². The number of hydrogen-bond acceptors (Lipinski definition) is 2. The molecular weight excluding hydrogens is 295 g/mol. The molecule has 0 atom stereocenters. The lowest BCUT2D eigenvalue weighted by Gasteiger charge is -2.23. The highest BCUT2D eigenvalue weighted by Gasteiger charge is 2.23. The molecule has 22 heavy (non-hydrogen) atoms. The third kappa shape index (κ3) is 5.23. The zero-order valence-electron chi connectivity index (χ0n) is 15.3. The Labute approximate surface area is 138 Å². The average Bonchev–Trinajstić information content (AvgIpc) is 2.45. The van der Waals surface area contributed by atoms with E-state index in [1.807, 2.05) is 20.8 Å². The standard InChI is InChI=1S/C15H25FOSi.C3H6O/c1-8(2)11-7-12(9(3)4)15(17-18)14(16)13(11)10(5)6;1-2-3-4/h7-10H,1-6,18H3;3H,2H2,1H3. The first-order valence-corrected chi connectivity index (χ1v) is 8.88. The SMILES string of the molecule is CC(C)c1cc(C(C)C)c(C(C)C)c(F)c1O[SiH3].CCC=O. The van der Waals surface area contributed by atoms with Crippen LogP contribution >= 0.6 is 0 Å². The summed E-state index contributed by atoms with van der Waals surface area (Å²) >= 11 is 0. The second kappa shape index (κ2) is 9.77. The molecule has 0 spiro atoms. The minimum absolute atomic E-state index is 0.144. The van der Waals surface area contributed by atoms with Gasteiger partial charge in [0.25, 0.3) is 0 Å². The third-order valence-corrected chi connectivity index (χ3v) is 3.92. The zero-order chi connectivity index (χ0) is 17.4.